The van der Waals surface area contributed by atoms with E-state index >= 15 is 0 Å². The summed E-state index contributed by atoms with van der Waals surface area (Å²) >= 11 is 6.76. The second-order valence-electron chi connectivity index (χ2n) is 9.43. The average molecular weight is 305 g/mol. The molecule has 1 heterocycles. The van der Waals surface area contributed by atoms with Gasteiger partial charge in [-0.3, -0.25) is 0 Å². The first-order chi connectivity index (χ1) is 8.62. The standard InChI is InChI=1S/C17H33ClO2/c1-12(2)11-15(9,10)16(13(3,4)5,14(6,7)8)17(18)19-20-17/h12H,11H2,1-10H3. The molecule has 1 aliphatic heterocycles. The van der Waals surface area contributed by atoms with E-state index in [0.717, 1.165) is 6.42 Å². The Balaban J connectivity index is 3.56. The highest BCUT2D eigenvalue weighted by Gasteiger charge is 2.77. The van der Waals surface area contributed by atoms with E-state index in [1.54, 1.807) is 0 Å². The van der Waals surface area contributed by atoms with Crippen LogP contribution in [0, 0.1) is 27.6 Å². The zero-order valence-corrected chi connectivity index (χ0v) is 15.7. The van der Waals surface area contributed by atoms with Crippen LogP contribution in [0.3, 0.4) is 0 Å². The molecule has 0 saturated carbocycles. The number of hydrogen-bond donors (Lipinski definition) is 0. The Bertz CT molecular complexity index is 331. The summed E-state index contributed by atoms with van der Waals surface area (Å²) in [5, 5.41) is -1.03. The Morgan fingerprint density at radius 1 is 0.850 bits per heavy atom. The lowest BCUT2D eigenvalue weighted by atomic mass is 9.42. The lowest BCUT2D eigenvalue weighted by Crippen LogP contribution is -2.62. The Morgan fingerprint density at radius 2 is 1.20 bits per heavy atom. The summed E-state index contributed by atoms with van der Waals surface area (Å²) < 4.78 is 0. The van der Waals surface area contributed by atoms with Crippen LogP contribution in [0.2, 0.25) is 0 Å². The Kier molecular flexibility index (Phi) is 4.44. The maximum absolute atomic E-state index is 6.76. The summed E-state index contributed by atoms with van der Waals surface area (Å²) in [5.74, 6) is 0.591. The first-order valence-corrected chi connectivity index (χ1v) is 8.06. The van der Waals surface area contributed by atoms with Crippen molar-refractivity contribution in [2.75, 3.05) is 0 Å². The van der Waals surface area contributed by atoms with E-state index in [1.165, 1.54) is 0 Å². The van der Waals surface area contributed by atoms with Crippen molar-refractivity contribution in [1.82, 2.24) is 0 Å². The van der Waals surface area contributed by atoms with Crippen LogP contribution in [-0.2, 0) is 9.78 Å². The van der Waals surface area contributed by atoms with Gasteiger partial charge in [0.1, 0.15) is 0 Å². The molecule has 0 bridgehead atoms. The highest BCUT2D eigenvalue weighted by Crippen LogP contribution is 2.73. The van der Waals surface area contributed by atoms with Crippen molar-refractivity contribution in [2.45, 2.75) is 80.9 Å². The minimum Gasteiger partial charge on any atom is -0.176 e. The molecular formula is C17H33ClO2. The average Bonchev–Trinajstić information content (AvgIpc) is 2.74. The van der Waals surface area contributed by atoms with Crippen molar-refractivity contribution >= 4 is 11.6 Å². The molecule has 0 radical (unpaired) electrons. The van der Waals surface area contributed by atoms with Crippen LogP contribution in [0.15, 0.2) is 0 Å². The second kappa shape index (κ2) is 4.86. The normalized spacial score (nSPS) is 20.4. The summed E-state index contributed by atoms with van der Waals surface area (Å²) in [7, 11) is 0. The van der Waals surface area contributed by atoms with Gasteiger partial charge in [-0.25, -0.2) is 0 Å². The van der Waals surface area contributed by atoms with Crippen molar-refractivity contribution in [3.05, 3.63) is 0 Å². The maximum atomic E-state index is 6.76. The maximum Gasteiger partial charge on any atom is 0.314 e. The smallest absolute Gasteiger partial charge is 0.176 e. The van der Waals surface area contributed by atoms with Crippen molar-refractivity contribution in [3.63, 3.8) is 0 Å². The minimum absolute atomic E-state index is 0.0318. The molecule has 3 heteroatoms. The van der Waals surface area contributed by atoms with E-state index in [2.05, 4.69) is 69.2 Å². The molecular weight excluding hydrogens is 272 g/mol. The van der Waals surface area contributed by atoms with Crippen LogP contribution in [0.1, 0.15) is 75.7 Å². The monoisotopic (exact) mass is 304 g/mol. The van der Waals surface area contributed by atoms with Gasteiger partial charge in [-0.1, -0.05) is 80.8 Å². The molecule has 1 rings (SSSR count). The molecule has 0 amide bonds. The third kappa shape index (κ3) is 2.53. The zero-order chi connectivity index (χ0) is 16.2. The fourth-order valence-corrected chi connectivity index (χ4v) is 6.64. The fourth-order valence-electron chi connectivity index (χ4n) is 5.79. The van der Waals surface area contributed by atoms with E-state index in [4.69, 9.17) is 21.4 Å². The van der Waals surface area contributed by atoms with Crippen LogP contribution in [-0.4, -0.2) is 5.25 Å². The Morgan fingerprint density at radius 3 is 1.40 bits per heavy atom. The highest BCUT2D eigenvalue weighted by molar-refractivity contribution is 6.23. The molecule has 2 nitrogen and oxygen atoms in total. The van der Waals surface area contributed by atoms with Crippen LogP contribution in [0.4, 0.5) is 0 Å². The molecule has 1 fully saturated rings. The lowest BCUT2D eigenvalue weighted by molar-refractivity contribution is -0.171. The van der Waals surface area contributed by atoms with Crippen molar-refractivity contribution in [2.24, 2.45) is 27.6 Å². The van der Waals surface area contributed by atoms with Gasteiger partial charge in [0.2, 0.25) is 0 Å². The van der Waals surface area contributed by atoms with Gasteiger partial charge >= 0.3 is 5.25 Å². The van der Waals surface area contributed by atoms with Gasteiger partial charge in [0.15, 0.2) is 0 Å². The van der Waals surface area contributed by atoms with Gasteiger partial charge in [0.25, 0.3) is 0 Å². The van der Waals surface area contributed by atoms with E-state index in [0.29, 0.717) is 5.92 Å². The summed E-state index contributed by atoms with van der Waals surface area (Å²) in [6, 6.07) is 0. The van der Waals surface area contributed by atoms with Gasteiger partial charge in [0, 0.05) is 0 Å². The molecule has 1 saturated heterocycles. The third-order valence-electron chi connectivity index (χ3n) is 4.86. The number of halogens is 1. The van der Waals surface area contributed by atoms with Gasteiger partial charge in [-0.05, 0) is 28.6 Å². The zero-order valence-electron chi connectivity index (χ0n) is 15.0. The van der Waals surface area contributed by atoms with Crippen LogP contribution >= 0.6 is 11.6 Å². The molecule has 0 aromatic carbocycles. The Hall–Kier alpha value is 0.210. The first kappa shape index (κ1) is 18.3. The van der Waals surface area contributed by atoms with E-state index in [1.807, 2.05) is 0 Å². The van der Waals surface area contributed by atoms with E-state index in [-0.39, 0.29) is 21.7 Å². The summed E-state index contributed by atoms with van der Waals surface area (Å²) in [5.41, 5.74) is -0.495. The molecule has 0 unspecified atom stereocenters. The van der Waals surface area contributed by atoms with E-state index in [9.17, 15) is 0 Å². The van der Waals surface area contributed by atoms with Gasteiger partial charge < -0.3 is 0 Å². The highest BCUT2D eigenvalue weighted by atomic mass is 35.5. The van der Waals surface area contributed by atoms with Crippen LogP contribution < -0.4 is 0 Å². The molecule has 0 spiro atoms. The number of rotatable bonds is 4. The largest absolute Gasteiger partial charge is 0.314 e. The van der Waals surface area contributed by atoms with Gasteiger partial charge in [-0.15, -0.1) is 0 Å². The fraction of sp³-hybridized carbons (Fsp3) is 1.00. The molecule has 0 N–H and O–H groups in total. The predicted molar refractivity (Wildman–Crippen MR) is 85.3 cm³/mol. The molecule has 0 aromatic heterocycles. The quantitative estimate of drug-likeness (QED) is 0.362. The molecule has 0 aliphatic carbocycles. The summed E-state index contributed by atoms with van der Waals surface area (Å²) in [6.45, 7) is 22.6. The van der Waals surface area contributed by atoms with E-state index < -0.39 is 5.25 Å². The molecule has 20 heavy (non-hydrogen) atoms. The SMILES string of the molecule is CC(C)CC(C)(C)C(C(C)(C)C)(C(C)(C)C)C1(Cl)OO1. The molecule has 120 valence electrons. The van der Waals surface area contributed by atoms with Crippen molar-refractivity contribution in [3.8, 4) is 0 Å². The first-order valence-electron chi connectivity index (χ1n) is 7.68. The number of alkyl halides is 1. The topological polar surface area (TPSA) is 25.1 Å². The van der Waals surface area contributed by atoms with Crippen LogP contribution in [0.5, 0.6) is 0 Å². The third-order valence-corrected chi connectivity index (χ3v) is 5.27. The molecule has 0 aromatic rings. The predicted octanol–water partition coefficient (Wildman–Crippen LogP) is 5.99. The van der Waals surface area contributed by atoms with Gasteiger partial charge in [0.05, 0.1) is 5.41 Å². The number of hydrogen-bond acceptors (Lipinski definition) is 2. The Labute approximate surface area is 130 Å². The minimum atomic E-state index is -1.03. The molecule has 1 aliphatic rings. The summed E-state index contributed by atoms with van der Waals surface area (Å²) in [4.78, 5) is 10.7. The second-order valence-corrected chi connectivity index (χ2v) is 9.93. The van der Waals surface area contributed by atoms with Crippen molar-refractivity contribution in [1.29, 1.82) is 0 Å². The van der Waals surface area contributed by atoms with Crippen molar-refractivity contribution < 1.29 is 9.78 Å². The van der Waals surface area contributed by atoms with Crippen LogP contribution in [0.25, 0.3) is 0 Å². The van der Waals surface area contributed by atoms with Gasteiger partial charge in [-0.2, -0.15) is 9.78 Å². The molecule has 0 atom stereocenters. The summed E-state index contributed by atoms with van der Waals surface area (Å²) in [6.07, 6.45) is 1.07. The lowest BCUT2D eigenvalue weighted by Gasteiger charge is -2.62.